The maximum atomic E-state index is 13.1. The van der Waals surface area contributed by atoms with Crippen LogP contribution in [0.5, 0.6) is 40.5 Å². The number of benzene rings is 3. The van der Waals surface area contributed by atoms with Crippen molar-refractivity contribution in [3.05, 3.63) is 88.8 Å². The molecular formula is C36H38N2O14S. The zero-order chi connectivity index (χ0) is 38.5. The van der Waals surface area contributed by atoms with Gasteiger partial charge in [0.2, 0.25) is 17.7 Å². The topological polar surface area (TPSA) is 207 Å². The predicted octanol–water partition coefficient (Wildman–Crippen LogP) is 5.00. The molecule has 282 valence electrons. The zero-order valence-corrected chi connectivity index (χ0v) is 30.0. The summed E-state index contributed by atoms with van der Waals surface area (Å²) in [5, 5.41) is 22.8. The van der Waals surface area contributed by atoms with Gasteiger partial charge in [-0.05, 0) is 47.9 Å². The largest absolute Gasteiger partial charge is 0.514 e. The summed E-state index contributed by atoms with van der Waals surface area (Å²) in [6.45, 7) is -0.179. The Morgan fingerprint density at radius 2 is 1.38 bits per heavy atom. The van der Waals surface area contributed by atoms with Crippen molar-refractivity contribution in [3.63, 3.8) is 0 Å². The van der Waals surface area contributed by atoms with Gasteiger partial charge in [-0.1, -0.05) is 18.2 Å². The first-order valence-corrected chi connectivity index (χ1v) is 17.5. The van der Waals surface area contributed by atoms with Crippen LogP contribution < -0.4 is 33.8 Å². The molecule has 0 aliphatic carbocycles. The average molecular weight is 755 g/mol. The minimum absolute atomic E-state index is 0.00309. The van der Waals surface area contributed by atoms with E-state index in [1.54, 1.807) is 36.4 Å². The summed E-state index contributed by atoms with van der Waals surface area (Å²) in [6, 6.07) is 16.3. The second-order valence-corrected chi connectivity index (χ2v) is 13.0. The van der Waals surface area contributed by atoms with E-state index in [1.807, 2.05) is 0 Å². The molecule has 3 aromatic carbocycles. The fourth-order valence-corrected chi connectivity index (χ4v) is 5.83. The molecule has 0 saturated carbocycles. The summed E-state index contributed by atoms with van der Waals surface area (Å²) in [7, 11) is 1.88. The highest BCUT2D eigenvalue weighted by Gasteiger charge is 2.18. The van der Waals surface area contributed by atoms with Gasteiger partial charge >= 0.3 is 12.1 Å². The Bertz CT molecular complexity index is 2010. The first-order chi connectivity index (χ1) is 25.3. The molecule has 4 aromatic rings. The van der Waals surface area contributed by atoms with Gasteiger partial charge in [-0.15, -0.1) is 4.73 Å². The molecule has 0 fully saturated rings. The van der Waals surface area contributed by atoms with Gasteiger partial charge < -0.3 is 48.8 Å². The Morgan fingerprint density at radius 3 is 1.98 bits per heavy atom. The normalized spacial score (nSPS) is 11.1. The Labute approximate surface area is 304 Å². The van der Waals surface area contributed by atoms with Gasteiger partial charge in [0.05, 0.1) is 39.8 Å². The summed E-state index contributed by atoms with van der Waals surface area (Å²) in [5.41, 5.74) is 1.73. The van der Waals surface area contributed by atoms with Crippen LogP contribution in [0.1, 0.15) is 36.0 Å². The lowest BCUT2D eigenvalue weighted by Crippen LogP contribution is -2.19. The molecule has 0 radical (unpaired) electrons. The number of nitrogens with zero attached hydrogens (tertiary/aromatic N) is 1. The van der Waals surface area contributed by atoms with E-state index in [-0.39, 0.29) is 43.3 Å². The second kappa shape index (κ2) is 18.2. The number of aromatic nitrogens is 1. The Hall–Kier alpha value is -6.36. The number of rotatable bonds is 17. The highest BCUT2D eigenvalue weighted by molar-refractivity contribution is 7.93. The number of nitrogens with one attached hydrogen (secondary N) is 1. The summed E-state index contributed by atoms with van der Waals surface area (Å²) >= 11 is 0. The van der Waals surface area contributed by atoms with Crippen molar-refractivity contribution in [1.82, 2.24) is 4.73 Å². The number of amides is 1. The van der Waals surface area contributed by atoms with E-state index in [0.717, 1.165) is 17.5 Å². The van der Waals surface area contributed by atoms with Crippen LogP contribution in [0.2, 0.25) is 0 Å². The number of ether oxygens (including phenoxy) is 6. The number of methoxy groups -OCH3 is 4. The highest BCUT2D eigenvalue weighted by Crippen LogP contribution is 2.35. The smallest absolute Gasteiger partial charge is 0.496 e. The molecule has 0 unspecified atom stereocenters. The van der Waals surface area contributed by atoms with Crippen LogP contribution in [-0.2, 0) is 36.5 Å². The van der Waals surface area contributed by atoms with E-state index < -0.39 is 39.5 Å². The van der Waals surface area contributed by atoms with Gasteiger partial charge in [-0.25, -0.2) is 18.0 Å². The van der Waals surface area contributed by atoms with Crippen molar-refractivity contribution in [2.24, 2.45) is 0 Å². The fraction of sp³-hybridized carbons (Fsp3) is 0.250. The van der Waals surface area contributed by atoms with Crippen LogP contribution in [0.3, 0.4) is 0 Å². The van der Waals surface area contributed by atoms with Crippen LogP contribution in [0.25, 0.3) is 6.08 Å². The third-order valence-electron chi connectivity index (χ3n) is 7.35. The van der Waals surface area contributed by atoms with Crippen LogP contribution in [0.4, 0.5) is 10.5 Å². The minimum atomic E-state index is -3.84. The maximum absolute atomic E-state index is 13.1. The Balaban J connectivity index is 1.28. The van der Waals surface area contributed by atoms with E-state index in [1.165, 1.54) is 52.7 Å². The minimum Gasteiger partial charge on any atom is -0.496 e. The number of carbonyl (C=O) groups is 3. The van der Waals surface area contributed by atoms with E-state index >= 15 is 0 Å². The van der Waals surface area contributed by atoms with Crippen LogP contribution in [0, 0.1) is 0 Å². The van der Waals surface area contributed by atoms with Gasteiger partial charge in [0.25, 0.3) is 0 Å². The summed E-state index contributed by atoms with van der Waals surface area (Å²) in [4.78, 5) is 41.7. The molecule has 4 rings (SSSR count). The molecule has 17 heteroatoms. The molecule has 3 N–H and O–H groups in total. The lowest BCUT2D eigenvalue weighted by atomic mass is 10.1. The molecule has 16 nitrogen and oxygen atoms in total. The van der Waals surface area contributed by atoms with Crippen LogP contribution >= 0.6 is 0 Å². The summed E-state index contributed by atoms with van der Waals surface area (Å²) in [6.07, 6.45) is 0.302. The number of hydrogen-bond acceptors (Lipinski definition) is 14. The third kappa shape index (κ3) is 11.3. The van der Waals surface area contributed by atoms with Crippen molar-refractivity contribution in [2.45, 2.75) is 31.6 Å². The quantitative estimate of drug-likeness (QED) is 0.0958. The van der Waals surface area contributed by atoms with Crippen LogP contribution in [0.15, 0.2) is 72.1 Å². The lowest BCUT2D eigenvalue weighted by Gasteiger charge is -2.13. The van der Waals surface area contributed by atoms with Gasteiger partial charge in [-0.3, -0.25) is 4.79 Å². The van der Waals surface area contributed by atoms with Crippen LogP contribution in [-0.4, -0.2) is 69.8 Å². The van der Waals surface area contributed by atoms with Crippen molar-refractivity contribution < 1.29 is 66.3 Å². The number of aromatic hydroxyl groups is 2. The monoisotopic (exact) mass is 754 g/mol. The Morgan fingerprint density at radius 1 is 0.755 bits per heavy atom. The molecule has 1 aromatic heterocycles. The SMILES string of the molecule is COc1cc(OC)c(C=CS(=O)(=O)Cc2ccc(OC)c(OC(=O)OCc3ccc(NC(=O)CCCC(=O)On4c(O)ccc4O)cc3)c2)c(OC)c1. The van der Waals surface area contributed by atoms with E-state index in [9.17, 15) is 33.0 Å². The van der Waals surface area contributed by atoms with Gasteiger partial charge in [0.15, 0.2) is 21.3 Å². The van der Waals surface area contributed by atoms with Gasteiger partial charge in [0, 0.05) is 48.2 Å². The molecule has 1 amide bonds. The first-order valence-electron chi connectivity index (χ1n) is 15.8. The Kier molecular flexibility index (Phi) is 13.6. The first kappa shape index (κ1) is 39.4. The predicted molar refractivity (Wildman–Crippen MR) is 190 cm³/mol. The standard InChI is InChI=1S/C36H38N2O14S/c1-46-26-19-29(48-3)27(30(20-26)49-4)16-17-53(44,45)22-24-10-13-28(47-2)31(18-24)51-36(43)50-21-23-8-11-25(12-9-23)37-32(39)6-5-7-35(42)52-38-33(40)14-15-34(38)41/h8-20,40-41H,5-7,21-22H2,1-4H3,(H,37,39). The maximum Gasteiger partial charge on any atom is 0.514 e. The molecule has 0 aliphatic rings. The van der Waals surface area contributed by atoms with Crippen molar-refractivity contribution in [1.29, 1.82) is 0 Å². The van der Waals surface area contributed by atoms with E-state index in [2.05, 4.69) is 5.32 Å². The summed E-state index contributed by atoms with van der Waals surface area (Å²) in [5.74, 6) is -1.17. The molecule has 1 heterocycles. The molecular weight excluding hydrogens is 716 g/mol. The molecule has 0 spiro atoms. The molecule has 0 saturated heterocycles. The molecule has 0 atom stereocenters. The van der Waals surface area contributed by atoms with Crippen molar-refractivity contribution >= 4 is 39.6 Å². The molecule has 0 aliphatic heterocycles. The summed E-state index contributed by atoms with van der Waals surface area (Å²) < 4.78 is 58.5. The third-order valence-corrected chi connectivity index (χ3v) is 8.64. The van der Waals surface area contributed by atoms with E-state index in [0.29, 0.717) is 44.4 Å². The average Bonchev–Trinajstić information content (AvgIpc) is 3.45. The van der Waals surface area contributed by atoms with Crippen molar-refractivity contribution in [3.8, 4) is 40.5 Å². The van der Waals surface area contributed by atoms with E-state index in [4.69, 9.17) is 33.3 Å². The number of sulfone groups is 1. The number of hydrogen-bond donors (Lipinski definition) is 3. The van der Waals surface area contributed by atoms with Gasteiger partial charge in [-0.2, -0.15) is 0 Å². The number of carbonyl (C=O) groups excluding carboxylic acids is 3. The second-order valence-electron chi connectivity index (χ2n) is 11.1. The van der Waals surface area contributed by atoms with Crippen molar-refractivity contribution in [2.75, 3.05) is 33.8 Å². The fourth-order valence-electron chi connectivity index (χ4n) is 4.75. The highest BCUT2D eigenvalue weighted by atomic mass is 32.2. The number of anilines is 1. The van der Waals surface area contributed by atoms with Gasteiger partial charge in [0.1, 0.15) is 23.9 Å². The molecule has 53 heavy (non-hydrogen) atoms. The molecule has 0 bridgehead atoms. The zero-order valence-electron chi connectivity index (χ0n) is 29.2. The lowest BCUT2D eigenvalue weighted by molar-refractivity contribution is -0.145.